The summed E-state index contributed by atoms with van der Waals surface area (Å²) in [6, 6.07) is -1.42. The molecule has 1 aromatic heterocycles. The Balaban J connectivity index is 2.62. The monoisotopic (exact) mass is 244 g/mol. The van der Waals surface area contributed by atoms with Gasteiger partial charge in [0.05, 0.1) is 0 Å². The Kier molecular flexibility index (Phi) is 3.78. The normalized spacial score (nSPS) is 11.9. The average molecular weight is 244 g/mol. The van der Waals surface area contributed by atoms with Crippen LogP contribution in [0.5, 0.6) is 0 Å². The second-order valence-electron chi connectivity index (χ2n) is 3.20. The van der Waals surface area contributed by atoms with Crippen LogP contribution in [0.4, 0.5) is 9.93 Å². The van der Waals surface area contributed by atoms with Crippen LogP contribution in [0.1, 0.15) is 12.7 Å². The number of rotatable bonds is 3. The van der Waals surface area contributed by atoms with Gasteiger partial charge in [-0.1, -0.05) is 0 Å². The predicted molar refractivity (Wildman–Crippen MR) is 58.5 cm³/mol. The van der Waals surface area contributed by atoms with Gasteiger partial charge < -0.3 is 10.0 Å². The van der Waals surface area contributed by atoms with Gasteiger partial charge in [-0.05, 0) is 13.8 Å². The van der Waals surface area contributed by atoms with Gasteiger partial charge in [0.25, 0.3) is 0 Å². The van der Waals surface area contributed by atoms with E-state index in [1.54, 1.807) is 6.92 Å². The van der Waals surface area contributed by atoms with Crippen molar-refractivity contribution in [1.29, 1.82) is 0 Å². The van der Waals surface area contributed by atoms with Gasteiger partial charge in [0.2, 0.25) is 5.13 Å². The maximum absolute atomic E-state index is 11.6. The van der Waals surface area contributed by atoms with Gasteiger partial charge in [0, 0.05) is 18.6 Å². The van der Waals surface area contributed by atoms with Crippen LogP contribution in [0.15, 0.2) is 0 Å². The van der Waals surface area contributed by atoms with E-state index in [9.17, 15) is 9.59 Å². The Morgan fingerprint density at radius 1 is 1.56 bits per heavy atom. The number of carboxylic acids is 1. The smallest absolute Gasteiger partial charge is 0.326 e. The highest BCUT2D eigenvalue weighted by atomic mass is 32.1. The fraction of sp³-hybridized carbons (Fsp3) is 0.500. The lowest BCUT2D eigenvalue weighted by Crippen LogP contribution is -2.42. The Hall–Kier alpha value is -1.70. The van der Waals surface area contributed by atoms with Gasteiger partial charge in [-0.3, -0.25) is 5.32 Å². The van der Waals surface area contributed by atoms with Crippen molar-refractivity contribution in [3.05, 3.63) is 5.82 Å². The molecular formula is C8H12N4O3S. The van der Waals surface area contributed by atoms with E-state index < -0.39 is 18.0 Å². The number of carbonyl (C=O) groups is 2. The zero-order valence-electron chi connectivity index (χ0n) is 9.09. The van der Waals surface area contributed by atoms with Crippen LogP contribution >= 0.6 is 11.5 Å². The summed E-state index contributed by atoms with van der Waals surface area (Å²) in [5.41, 5.74) is 0. The summed E-state index contributed by atoms with van der Waals surface area (Å²) in [7, 11) is 1.40. The number of amides is 2. The lowest BCUT2D eigenvalue weighted by atomic mass is 10.3. The number of aryl methyl sites for hydroxylation is 1. The number of hydrogen-bond donors (Lipinski definition) is 2. The van der Waals surface area contributed by atoms with E-state index in [0.29, 0.717) is 11.0 Å². The van der Waals surface area contributed by atoms with Crippen LogP contribution in [-0.2, 0) is 4.79 Å². The highest BCUT2D eigenvalue weighted by molar-refractivity contribution is 7.09. The minimum Gasteiger partial charge on any atom is -0.480 e. The summed E-state index contributed by atoms with van der Waals surface area (Å²) in [5, 5.41) is 11.5. The van der Waals surface area contributed by atoms with E-state index in [0.717, 1.165) is 16.4 Å². The molecule has 1 atom stereocenters. The SMILES string of the molecule is Cc1nsc(NC(=O)N(C)C(C)C(=O)O)n1. The number of aliphatic carboxylic acids is 1. The number of likely N-dealkylation sites (N-methyl/N-ethyl adjacent to an activating group) is 1. The van der Waals surface area contributed by atoms with Crippen molar-refractivity contribution in [3.8, 4) is 0 Å². The summed E-state index contributed by atoms with van der Waals surface area (Å²) < 4.78 is 3.89. The molecule has 0 fully saturated rings. The van der Waals surface area contributed by atoms with Gasteiger partial charge in [0.1, 0.15) is 11.9 Å². The lowest BCUT2D eigenvalue weighted by molar-refractivity contribution is -0.141. The number of aromatic nitrogens is 2. The molecule has 7 nitrogen and oxygen atoms in total. The highest BCUT2D eigenvalue weighted by Gasteiger charge is 2.22. The summed E-state index contributed by atoms with van der Waals surface area (Å²) in [4.78, 5) is 27.2. The summed E-state index contributed by atoms with van der Waals surface area (Å²) in [6.45, 7) is 3.13. The van der Waals surface area contributed by atoms with Crippen molar-refractivity contribution in [2.45, 2.75) is 19.9 Å². The second kappa shape index (κ2) is 4.88. The van der Waals surface area contributed by atoms with Crippen molar-refractivity contribution in [3.63, 3.8) is 0 Å². The third kappa shape index (κ3) is 2.89. The number of urea groups is 1. The molecule has 0 aliphatic heterocycles. The molecular weight excluding hydrogens is 232 g/mol. The summed E-state index contributed by atoms with van der Waals surface area (Å²) >= 11 is 1.05. The van der Waals surface area contributed by atoms with E-state index in [4.69, 9.17) is 5.11 Å². The molecule has 1 rings (SSSR count). The molecule has 0 spiro atoms. The largest absolute Gasteiger partial charge is 0.480 e. The quantitative estimate of drug-likeness (QED) is 0.819. The molecule has 0 saturated heterocycles. The number of carboxylic acid groups (broad SMARTS) is 1. The lowest BCUT2D eigenvalue weighted by Gasteiger charge is -2.20. The first-order valence-corrected chi connectivity index (χ1v) is 5.26. The first-order chi connectivity index (χ1) is 7.41. The maximum Gasteiger partial charge on any atom is 0.326 e. The zero-order valence-corrected chi connectivity index (χ0v) is 9.91. The molecule has 0 radical (unpaired) electrons. The number of hydrogen-bond acceptors (Lipinski definition) is 5. The molecule has 16 heavy (non-hydrogen) atoms. The highest BCUT2D eigenvalue weighted by Crippen LogP contribution is 2.11. The summed E-state index contributed by atoms with van der Waals surface area (Å²) in [6.07, 6.45) is 0. The van der Waals surface area contributed by atoms with Crippen LogP contribution in [-0.4, -0.2) is 44.5 Å². The Morgan fingerprint density at radius 3 is 2.62 bits per heavy atom. The molecule has 0 bridgehead atoms. The Bertz CT molecular complexity index is 406. The first kappa shape index (κ1) is 12.4. The molecule has 8 heteroatoms. The number of nitrogens with zero attached hydrogens (tertiary/aromatic N) is 3. The molecule has 88 valence electrons. The molecule has 1 unspecified atom stereocenters. The molecule has 1 aromatic rings. The Labute approximate surface area is 96.3 Å². The van der Waals surface area contributed by atoms with E-state index in [1.165, 1.54) is 14.0 Å². The van der Waals surface area contributed by atoms with Gasteiger partial charge in [-0.25, -0.2) is 14.6 Å². The molecule has 0 aliphatic carbocycles. The standard InChI is InChI=1S/C8H12N4O3S/c1-4(6(13)14)12(3)8(15)10-7-9-5(2)11-16-7/h4H,1-3H3,(H,13,14)(H,9,10,11,15). The summed E-state index contributed by atoms with van der Waals surface area (Å²) in [5.74, 6) is -0.500. The van der Waals surface area contributed by atoms with E-state index >= 15 is 0 Å². The number of anilines is 1. The van der Waals surface area contributed by atoms with Crippen LogP contribution in [0.2, 0.25) is 0 Å². The van der Waals surface area contributed by atoms with E-state index in [-0.39, 0.29) is 0 Å². The number of carbonyl (C=O) groups excluding carboxylic acids is 1. The molecule has 1 heterocycles. The fourth-order valence-electron chi connectivity index (χ4n) is 0.869. The van der Waals surface area contributed by atoms with Gasteiger partial charge in [0.15, 0.2) is 0 Å². The van der Waals surface area contributed by atoms with Crippen molar-refractivity contribution < 1.29 is 14.7 Å². The minimum absolute atomic E-state index is 0.354. The predicted octanol–water partition coefficient (Wildman–Crippen LogP) is 0.783. The number of nitrogens with one attached hydrogen (secondary N) is 1. The Morgan fingerprint density at radius 2 is 2.19 bits per heavy atom. The first-order valence-electron chi connectivity index (χ1n) is 4.48. The zero-order chi connectivity index (χ0) is 12.3. The molecule has 0 aliphatic rings. The topological polar surface area (TPSA) is 95.4 Å². The van der Waals surface area contributed by atoms with Gasteiger partial charge in [-0.2, -0.15) is 4.37 Å². The fourth-order valence-corrected chi connectivity index (χ4v) is 1.43. The van der Waals surface area contributed by atoms with E-state index in [1.807, 2.05) is 0 Å². The third-order valence-corrected chi connectivity index (χ3v) is 2.72. The third-order valence-electron chi connectivity index (χ3n) is 2.00. The molecule has 2 amide bonds. The van der Waals surface area contributed by atoms with Crippen molar-refractivity contribution in [2.75, 3.05) is 12.4 Å². The molecule has 2 N–H and O–H groups in total. The van der Waals surface area contributed by atoms with Crippen LogP contribution in [0, 0.1) is 6.92 Å². The van der Waals surface area contributed by atoms with Crippen LogP contribution in [0.25, 0.3) is 0 Å². The van der Waals surface area contributed by atoms with Gasteiger partial charge in [-0.15, -0.1) is 0 Å². The second-order valence-corrected chi connectivity index (χ2v) is 3.95. The van der Waals surface area contributed by atoms with E-state index in [2.05, 4.69) is 14.7 Å². The van der Waals surface area contributed by atoms with Gasteiger partial charge >= 0.3 is 12.0 Å². The van der Waals surface area contributed by atoms with Crippen LogP contribution in [0.3, 0.4) is 0 Å². The van der Waals surface area contributed by atoms with Crippen molar-refractivity contribution in [2.24, 2.45) is 0 Å². The minimum atomic E-state index is -1.06. The van der Waals surface area contributed by atoms with Crippen molar-refractivity contribution in [1.82, 2.24) is 14.3 Å². The van der Waals surface area contributed by atoms with Crippen molar-refractivity contribution >= 4 is 28.7 Å². The average Bonchev–Trinajstić information content (AvgIpc) is 2.61. The van der Waals surface area contributed by atoms with Crippen LogP contribution < -0.4 is 5.32 Å². The maximum atomic E-state index is 11.6. The molecule has 0 aromatic carbocycles. The molecule has 0 saturated carbocycles.